The predicted molar refractivity (Wildman–Crippen MR) is 454 cm³/mol. The zero-order valence-corrected chi connectivity index (χ0v) is 62.0. The number of hydrogen-bond acceptors (Lipinski definition) is 2. The van der Waals surface area contributed by atoms with Gasteiger partial charge in [0.05, 0.1) is 16.5 Å². The second-order valence-electron chi connectivity index (χ2n) is 31.1. The summed E-state index contributed by atoms with van der Waals surface area (Å²) in [6.45, 7) is 19.1. The van der Waals surface area contributed by atoms with Gasteiger partial charge in [0.2, 0.25) is 0 Å². The Hall–Kier alpha value is -11.7. The summed E-state index contributed by atoms with van der Waals surface area (Å²) >= 11 is -1.23. The van der Waals surface area contributed by atoms with Gasteiger partial charge < -0.3 is 0 Å². The molecule has 516 valence electrons. The monoisotopic (exact) mass is 1460 g/mol. The van der Waals surface area contributed by atoms with Crippen LogP contribution in [-0.2, 0) is 22.7 Å². The van der Waals surface area contributed by atoms with Gasteiger partial charge in [-0.3, -0.25) is 0 Å². The van der Waals surface area contributed by atoms with E-state index in [0.717, 1.165) is 16.7 Å². The van der Waals surface area contributed by atoms with E-state index < -0.39 is 158 Å². The summed E-state index contributed by atoms with van der Waals surface area (Å²) in [7, 11) is 0. The molecule has 3 aromatic heterocycles. The van der Waals surface area contributed by atoms with Crippen molar-refractivity contribution in [2.45, 2.75) is 90.9 Å². The Kier molecular flexibility index (Phi) is 10.4. The molecule has 0 spiro atoms. The summed E-state index contributed by atoms with van der Waals surface area (Å²) in [6, 6.07) is 47.3. The number of nitrogens with zero attached hydrogens (tertiary/aromatic N) is 4. The van der Waals surface area contributed by atoms with E-state index in [-0.39, 0.29) is 115 Å². The molecule has 0 saturated heterocycles. The topological polar surface area (TPSA) is 16.3 Å². The van der Waals surface area contributed by atoms with E-state index in [1.54, 1.807) is 0 Å². The standard InChI is InChI=1S/C102H82N4Se/c1-100(2,3)70-48-46-63(47-49-70)69-55-90-96-91(56-69)106(98-83(66-34-18-12-19-35-66)59-72(102(7,8)9)60-84(98)67-36-20-13-21-37-67)88-62-74(104-86-44-28-25-41-77(86)95-80-42-26-29-45-92(80)107-99(95)104)51-53-79(88)94(96)78-52-50-73(103-85-43-27-24-40-76(85)93-75-39-23-22-38-68(75)54-89(93)103)61-87(78)105(90)97-81(64-30-14-10-15-31-64)57-71(101(4,5)6)58-82(97)65-32-16-11-17-33-65/h10-53,55-62,94H,54H2,1-9H3/i22D,23D,24D,25D,26D,27D,28D,29D,38D,39D,40D,41D,42D,43D,44D,45D,50D,51D,52D,53D,61D,62D. The molecular weight excluding hydrogens is 1360 g/mol. The van der Waals surface area contributed by atoms with Gasteiger partial charge in [-0.2, -0.15) is 0 Å². The predicted octanol–water partition coefficient (Wildman–Crippen LogP) is 27.5. The summed E-state index contributed by atoms with van der Waals surface area (Å²) in [5, 5.41) is -0.247. The first-order chi connectivity index (χ1) is 61.2. The van der Waals surface area contributed by atoms with Crippen molar-refractivity contribution in [1.82, 2.24) is 9.13 Å². The molecule has 1 aliphatic carbocycles. The molecule has 0 amide bonds. The first kappa shape index (κ1) is 45.6. The third kappa shape index (κ3) is 10.4. The van der Waals surface area contributed by atoms with Crippen molar-refractivity contribution in [2.24, 2.45) is 0 Å². The molecule has 0 N–H and O–H groups in total. The maximum atomic E-state index is 12.0. The third-order valence-corrected chi connectivity index (χ3v) is 23.8. The van der Waals surface area contributed by atoms with Crippen LogP contribution in [0.15, 0.2) is 315 Å². The van der Waals surface area contributed by atoms with Gasteiger partial charge in [0, 0.05) is 23.1 Å². The average molecular weight is 1460 g/mol. The van der Waals surface area contributed by atoms with E-state index in [9.17, 15) is 24.7 Å². The van der Waals surface area contributed by atoms with Crippen LogP contribution in [0, 0.1) is 0 Å². The molecule has 1 unspecified atom stereocenters. The first-order valence-electron chi connectivity index (χ1n) is 47.1. The van der Waals surface area contributed by atoms with Gasteiger partial charge in [-0.25, -0.2) is 0 Å². The number of benzene rings is 14. The van der Waals surface area contributed by atoms with Crippen LogP contribution in [-0.4, -0.2) is 23.6 Å². The van der Waals surface area contributed by atoms with Gasteiger partial charge >= 0.3 is 421 Å². The Labute approximate surface area is 664 Å². The van der Waals surface area contributed by atoms with Crippen LogP contribution >= 0.6 is 0 Å². The van der Waals surface area contributed by atoms with Gasteiger partial charge in [-0.15, -0.1) is 0 Å². The van der Waals surface area contributed by atoms with E-state index >= 15 is 0 Å². The molecule has 0 saturated carbocycles. The fourth-order valence-corrected chi connectivity index (χ4v) is 18.6. The van der Waals surface area contributed by atoms with Gasteiger partial charge in [0.25, 0.3) is 0 Å². The van der Waals surface area contributed by atoms with E-state index in [1.807, 2.05) is 155 Å². The Morgan fingerprint density at radius 3 is 1.29 bits per heavy atom. The van der Waals surface area contributed by atoms with Crippen molar-refractivity contribution in [3.63, 3.8) is 0 Å². The van der Waals surface area contributed by atoms with Crippen molar-refractivity contribution in [1.29, 1.82) is 0 Å². The number of para-hydroxylation sites is 2. The molecule has 0 radical (unpaired) electrons. The molecular formula is C102H82N4Se. The van der Waals surface area contributed by atoms with E-state index in [1.165, 1.54) is 9.13 Å². The zero-order chi connectivity index (χ0) is 91.5. The minimum absolute atomic E-state index is 0.00647. The van der Waals surface area contributed by atoms with Gasteiger partial charge in [-0.05, 0) is 62.4 Å². The second-order valence-corrected chi connectivity index (χ2v) is 33.2. The number of fused-ring (bicyclic) bond motifs is 14. The number of hydrogen-bond donors (Lipinski definition) is 0. The molecule has 20 rings (SSSR count). The summed E-state index contributed by atoms with van der Waals surface area (Å²) < 4.78 is 225. The van der Waals surface area contributed by atoms with Crippen LogP contribution in [0.3, 0.4) is 0 Å². The van der Waals surface area contributed by atoms with Gasteiger partial charge in [0.15, 0.2) is 0 Å². The van der Waals surface area contributed by atoms with Crippen molar-refractivity contribution in [2.75, 3.05) is 9.80 Å². The van der Waals surface area contributed by atoms with Crippen LogP contribution < -0.4 is 9.80 Å². The van der Waals surface area contributed by atoms with Gasteiger partial charge in [0.1, 0.15) is 0 Å². The number of aromatic nitrogens is 2. The molecule has 4 nitrogen and oxygen atoms in total. The Balaban J connectivity index is 1.06. The molecule has 5 heteroatoms. The van der Waals surface area contributed by atoms with Crippen LogP contribution in [0.1, 0.15) is 143 Å². The number of rotatable bonds is 9. The molecule has 5 heterocycles. The average Bonchev–Trinajstić information content (AvgIpc) is 1.65. The van der Waals surface area contributed by atoms with E-state index in [2.05, 4.69) is 98.7 Å². The molecule has 14 aromatic carbocycles. The van der Waals surface area contributed by atoms with Gasteiger partial charge in [-0.1, -0.05) is 145 Å². The summed E-state index contributed by atoms with van der Waals surface area (Å²) in [5.74, 6) is -1.60. The molecule has 1 atom stereocenters. The zero-order valence-electron chi connectivity index (χ0n) is 82.3. The molecule has 0 bridgehead atoms. The normalized spacial score (nSPS) is 16.7. The minimum atomic E-state index is -1.60. The molecule has 17 aromatic rings. The van der Waals surface area contributed by atoms with E-state index in [4.69, 9.17) is 5.48 Å². The van der Waals surface area contributed by atoms with Crippen LogP contribution in [0.2, 0.25) is 0 Å². The summed E-state index contributed by atoms with van der Waals surface area (Å²) in [5.41, 5.74) is 8.48. The molecule has 0 fully saturated rings. The summed E-state index contributed by atoms with van der Waals surface area (Å²) in [4.78, 5) is 3.94. The van der Waals surface area contributed by atoms with Crippen LogP contribution in [0.4, 0.5) is 34.1 Å². The second kappa shape index (κ2) is 24.4. The molecule has 107 heavy (non-hydrogen) atoms. The Morgan fingerprint density at radius 1 is 0.364 bits per heavy atom. The van der Waals surface area contributed by atoms with E-state index in [0.29, 0.717) is 83.9 Å². The van der Waals surface area contributed by atoms with Crippen molar-refractivity contribution >= 4 is 89.9 Å². The fraction of sp³-hybridized carbons (Fsp3) is 0.137. The maximum absolute atomic E-state index is 12.0. The SMILES string of the molecule is [2H]c1c([2H])c([2H])c2c(c1[2H])Cc1c-2c2c([2H])c([2H])c([2H])c([2H])c2n1-c1c([2H])c([2H])c2c(c1[2H])N(c1c(-c3ccccc3)cc(C(C)(C)C)cc1-c1ccccc1)c1cc(-c3ccc(C(C)(C)C)cc3)cc3c1C2c1c([2H])c([2H])c(-n2c4[se]c5c([2H])c([2H])c([2H])c([2H])c5c4c4c([2H])c([2H])c([2H])c([2H])c42)c([2H])c1N3c1c(-c2ccccc2)cc(C(C)(C)C)cc1-c1ccccc1. The Bertz CT molecular complexity index is 7720. The number of anilines is 6. The van der Waals surface area contributed by atoms with Crippen molar-refractivity contribution in [3.8, 4) is 78.1 Å². The molecule has 3 aliphatic rings. The van der Waals surface area contributed by atoms with Crippen molar-refractivity contribution in [3.05, 3.63) is 360 Å². The first-order valence-corrected chi connectivity index (χ1v) is 37.8. The fourth-order valence-electron chi connectivity index (χ4n) is 16.3. The third-order valence-electron chi connectivity index (χ3n) is 21.5. The van der Waals surface area contributed by atoms with Crippen LogP contribution in [0.5, 0.6) is 0 Å². The van der Waals surface area contributed by atoms with Crippen LogP contribution in [0.25, 0.3) is 119 Å². The summed E-state index contributed by atoms with van der Waals surface area (Å²) in [6.07, 6.45) is -0.338. The quantitative estimate of drug-likeness (QED) is 0.134. The Morgan fingerprint density at radius 2 is 0.794 bits per heavy atom. The molecule has 2 aliphatic heterocycles. The van der Waals surface area contributed by atoms with Crippen molar-refractivity contribution < 1.29 is 30.2 Å².